The third kappa shape index (κ3) is 7.23. The van der Waals surface area contributed by atoms with Crippen LogP contribution in [0.5, 0.6) is 0 Å². The van der Waals surface area contributed by atoms with Crippen molar-refractivity contribution in [1.29, 1.82) is 0 Å². The van der Waals surface area contributed by atoms with Crippen molar-refractivity contribution in [2.24, 2.45) is 0 Å². The average molecular weight is 656 g/mol. The van der Waals surface area contributed by atoms with Gasteiger partial charge in [-0.3, -0.25) is 24.0 Å². The molecule has 0 unspecified atom stereocenters. The normalized spacial score (nSPS) is 22.8. The van der Waals surface area contributed by atoms with E-state index in [-0.39, 0.29) is 44.7 Å². The number of amides is 5. The predicted octanol–water partition coefficient (Wildman–Crippen LogP) is 0.453. The van der Waals surface area contributed by atoms with E-state index in [1.54, 1.807) is 13.1 Å². The predicted molar refractivity (Wildman–Crippen MR) is 172 cm³/mol. The lowest BCUT2D eigenvalue weighted by molar-refractivity contribution is -0.142. The van der Waals surface area contributed by atoms with Crippen LogP contribution in [0.3, 0.4) is 0 Å². The number of aliphatic hydroxyl groups excluding tert-OH is 1. The molecule has 2 fully saturated rings. The number of nitrogens with zero attached hydrogens (tertiary/aromatic N) is 3. The molecule has 2 aliphatic rings. The summed E-state index contributed by atoms with van der Waals surface area (Å²) in [6.45, 7) is 0.943. The third-order valence-corrected chi connectivity index (χ3v) is 8.65. The molecule has 4 heterocycles. The van der Waals surface area contributed by atoms with Gasteiger partial charge >= 0.3 is 0 Å². The number of para-hydroxylation sites is 1. The zero-order valence-corrected chi connectivity index (χ0v) is 26.3. The second-order valence-electron chi connectivity index (χ2n) is 12.2. The van der Waals surface area contributed by atoms with Crippen LogP contribution in [0.15, 0.2) is 71.4 Å². The lowest BCUT2D eigenvalue weighted by atomic mass is 10.0. The van der Waals surface area contributed by atoms with Crippen LogP contribution in [-0.2, 0) is 32.0 Å². The van der Waals surface area contributed by atoms with Gasteiger partial charge in [0, 0.05) is 62.1 Å². The highest BCUT2D eigenvalue weighted by atomic mass is 16.5. The molecular weight excluding hydrogens is 618 g/mol. The van der Waals surface area contributed by atoms with Crippen LogP contribution < -0.4 is 16.0 Å². The number of benzene rings is 2. The van der Waals surface area contributed by atoms with Crippen molar-refractivity contribution < 1.29 is 33.6 Å². The average Bonchev–Trinajstić information content (AvgIpc) is 3.81. The maximum Gasteiger partial charge on any atom is 0.293 e. The number of carbonyl (C=O) groups is 5. The number of aromatic amines is 1. The van der Waals surface area contributed by atoms with E-state index >= 15 is 0 Å². The van der Waals surface area contributed by atoms with Gasteiger partial charge in [-0.25, -0.2) is 0 Å². The van der Waals surface area contributed by atoms with Crippen molar-refractivity contribution in [3.8, 4) is 0 Å². The van der Waals surface area contributed by atoms with Crippen LogP contribution in [0, 0.1) is 6.92 Å². The number of carbonyl (C=O) groups excluding carboxylic acids is 5. The molecule has 0 saturated carbocycles. The highest BCUT2D eigenvalue weighted by Gasteiger charge is 2.43. The third-order valence-electron chi connectivity index (χ3n) is 8.65. The van der Waals surface area contributed by atoms with Gasteiger partial charge < -0.3 is 40.4 Å². The van der Waals surface area contributed by atoms with Crippen molar-refractivity contribution in [3.63, 3.8) is 0 Å². The summed E-state index contributed by atoms with van der Waals surface area (Å²) < 4.78 is 5.17. The molecule has 14 nitrogen and oxygen atoms in total. The first kappa shape index (κ1) is 32.4. The molecule has 4 aromatic rings. The molecule has 0 aliphatic carbocycles. The first-order chi connectivity index (χ1) is 23.2. The Bertz CT molecular complexity index is 1820. The maximum atomic E-state index is 14.3. The summed E-state index contributed by atoms with van der Waals surface area (Å²) in [5, 5.41) is 23.6. The summed E-state index contributed by atoms with van der Waals surface area (Å²) in [5.41, 5.74) is 2.87. The molecule has 5 amide bonds. The summed E-state index contributed by atoms with van der Waals surface area (Å²) in [5.74, 6) is -3.03. The highest BCUT2D eigenvalue weighted by Crippen LogP contribution is 2.24. The second kappa shape index (κ2) is 14.1. The fourth-order valence-corrected chi connectivity index (χ4v) is 6.28. The fourth-order valence-electron chi connectivity index (χ4n) is 6.28. The van der Waals surface area contributed by atoms with Crippen LogP contribution in [0.25, 0.3) is 10.9 Å². The SMILES string of the molecule is Cc1cc(C(=O)N2CCNC(=O)[C@H](Cc3ccccc3)NC(=O)[C@@H]3C[C@@H](O)CN3C(=O)[C@@H](Cc3c[nH]c4ccccc34)NC(=O)C2)on1. The van der Waals surface area contributed by atoms with Gasteiger partial charge in [-0.2, -0.15) is 0 Å². The molecule has 250 valence electrons. The number of aliphatic hydroxyl groups is 1. The largest absolute Gasteiger partial charge is 0.391 e. The monoisotopic (exact) mass is 655 g/mol. The lowest BCUT2D eigenvalue weighted by Gasteiger charge is -2.29. The van der Waals surface area contributed by atoms with E-state index in [0.29, 0.717) is 5.69 Å². The second-order valence-corrected chi connectivity index (χ2v) is 12.2. The van der Waals surface area contributed by atoms with Crippen molar-refractivity contribution in [2.45, 2.75) is 50.4 Å². The molecular formula is C34H37N7O7. The number of hydrogen-bond donors (Lipinski definition) is 5. The molecule has 0 spiro atoms. The Morgan fingerprint density at radius 2 is 1.75 bits per heavy atom. The molecule has 2 aliphatic heterocycles. The molecule has 14 heteroatoms. The van der Waals surface area contributed by atoms with E-state index in [1.807, 2.05) is 54.6 Å². The molecule has 6 rings (SSSR count). The van der Waals surface area contributed by atoms with Crippen LogP contribution >= 0.6 is 0 Å². The zero-order chi connectivity index (χ0) is 33.8. The van der Waals surface area contributed by atoms with E-state index in [2.05, 4.69) is 26.1 Å². The molecule has 2 aromatic heterocycles. The maximum absolute atomic E-state index is 14.3. The van der Waals surface area contributed by atoms with Crippen molar-refractivity contribution >= 4 is 40.4 Å². The summed E-state index contributed by atoms with van der Waals surface area (Å²) in [6.07, 6.45) is 0.958. The number of nitrogens with one attached hydrogen (secondary N) is 4. The first-order valence-corrected chi connectivity index (χ1v) is 15.8. The minimum absolute atomic E-state index is 0.0378. The summed E-state index contributed by atoms with van der Waals surface area (Å²) in [7, 11) is 0. The summed E-state index contributed by atoms with van der Waals surface area (Å²) in [4.78, 5) is 74.3. The molecule has 2 saturated heterocycles. The number of H-pyrrole nitrogens is 1. The number of rotatable bonds is 5. The van der Waals surface area contributed by atoms with Crippen LogP contribution in [-0.4, -0.2) is 105 Å². The number of aryl methyl sites for hydroxylation is 1. The van der Waals surface area contributed by atoms with E-state index in [1.165, 1.54) is 15.9 Å². The summed E-state index contributed by atoms with van der Waals surface area (Å²) >= 11 is 0. The first-order valence-electron chi connectivity index (χ1n) is 15.8. The summed E-state index contributed by atoms with van der Waals surface area (Å²) in [6, 6.07) is 14.9. The van der Waals surface area contributed by atoms with Gasteiger partial charge in [0.25, 0.3) is 5.91 Å². The van der Waals surface area contributed by atoms with Gasteiger partial charge in [0.1, 0.15) is 24.7 Å². The smallest absolute Gasteiger partial charge is 0.293 e. The lowest BCUT2D eigenvalue weighted by Crippen LogP contribution is -2.57. The molecule has 4 atom stereocenters. The van der Waals surface area contributed by atoms with Gasteiger partial charge in [0.05, 0.1) is 11.8 Å². The molecule has 0 radical (unpaired) electrons. The van der Waals surface area contributed by atoms with E-state index in [0.717, 1.165) is 22.0 Å². The molecule has 48 heavy (non-hydrogen) atoms. The Kier molecular flexibility index (Phi) is 9.52. The Hall–Kier alpha value is -5.50. The van der Waals surface area contributed by atoms with Gasteiger partial charge in [0.15, 0.2) is 0 Å². The van der Waals surface area contributed by atoms with Crippen LogP contribution in [0.2, 0.25) is 0 Å². The van der Waals surface area contributed by atoms with Gasteiger partial charge in [0.2, 0.25) is 29.4 Å². The van der Waals surface area contributed by atoms with Crippen LogP contribution in [0.1, 0.15) is 33.8 Å². The quantitative estimate of drug-likeness (QED) is 0.205. The molecule has 5 N–H and O–H groups in total. The van der Waals surface area contributed by atoms with Gasteiger partial charge in [-0.15, -0.1) is 0 Å². The Morgan fingerprint density at radius 3 is 2.52 bits per heavy atom. The zero-order valence-electron chi connectivity index (χ0n) is 26.3. The number of hydrogen-bond acceptors (Lipinski definition) is 8. The van der Waals surface area contributed by atoms with Gasteiger partial charge in [-0.05, 0) is 24.1 Å². The molecule has 2 aromatic carbocycles. The minimum Gasteiger partial charge on any atom is -0.391 e. The topological polar surface area (TPSA) is 190 Å². The fraction of sp³-hybridized carbons (Fsp3) is 0.353. The van der Waals surface area contributed by atoms with Crippen molar-refractivity contribution in [3.05, 3.63) is 89.4 Å². The Morgan fingerprint density at radius 1 is 0.979 bits per heavy atom. The van der Waals surface area contributed by atoms with E-state index in [9.17, 15) is 29.1 Å². The van der Waals surface area contributed by atoms with Crippen LogP contribution in [0.4, 0.5) is 0 Å². The van der Waals surface area contributed by atoms with Crippen molar-refractivity contribution in [1.82, 2.24) is 35.9 Å². The van der Waals surface area contributed by atoms with Gasteiger partial charge in [-0.1, -0.05) is 53.7 Å². The standard InChI is InChI=1S/C34H37N7O7/c1-20-13-29(48-39-20)34(47)40-12-11-35-31(44)26(14-21-7-3-2-4-8-21)38-32(45)28-16-23(42)18-41(28)33(46)27(37-30(43)19-40)15-22-17-36-25-10-6-5-9-24(22)25/h2-10,13,17,23,26-28,36,42H,11-12,14-16,18-19H2,1H3,(H,35,44)(H,37,43)(H,38,45)/t23-,26+,27-,28+/m1/s1. The van der Waals surface area contributed by atoms with E-state index < -0.39 is 60.3 Å². The van der Waals surface area contributed by atoms with E-state index in [4.69, 9.17) is 4.52 Å². The number of aromatic nitrogens is 2. The van der Waals surface area contributed by atoms with Crippen molar-refractivity contribution in [2.75, 3.05) is 26.2 Å². The molecule has 0 bridgehead atoms. The Labute approximate surface area is 275 Å². The Balaban J connectivity index is 1.34. The minimum atomic E-state index is -1.15. The highest BCUT2D eigenvalue weighted by molar-refractivity contribution is 5.97. The number of fused-ring (bicyclic) bond motifs is 2.